The first-order chi connectivity index (χ1) is 15.3. The Kier molecular flexibility index (Phi) is 5.28. The van der Waals surface area contributed by atoms with Crippen molar-refractivity contribution in [2.45, 2.75) is 45.3 Å². The maximum absolute atomic E-state index is 11.9. The van der Waals surface area contributed by atoms with E-state index in [1.807, 2.05) is 6.92 Å². The SMILES string of the molecule is CC1CC(Oc2c(-c3cn[nH]c3)ncc3nc(N[C@H]4CCN(S(C)(=O)=O)C[C@H]4C)nn23)C1. The molecule has 1 aliphatic heterocycles. The van der Waals surface area contributed by atoms with Gasteiger partial charge in [0.2, 0.25) is 21.9 Å². The van der Waals surface area contributed by atoms with Crippen LogP contribution in [-0.4, -0.2) is 74.0 Å². The molecule has 2 aliphatic rings. The zero-order chi connectivity index (χ0) is 22.5. The van der Waals surface area contributed by atoms with Gasteiger partial charge in [-0.25, -0.2) is 17.7 Å². The molecule has 172 valence electrons. The Morgan fingerprint density at radius 1 is 1.25 bits per heavy atom. The molecule has 0 aromatic carbocycles. The minimum atomic E-state index is -3.18. The average molecular weight is 461 g/mol. The zero-order valence-corrected chi connectivity index (χ0v) is 19.2. The van der Waals surface area contributed by atoms with E-state index in [0.717, 1.165) is 18.4 Å². The van der Waals surface area contributed by atoms with Gasteiger partial charge >= 0.3 is 0 Å². The second-order valence-electron chi connectivity index (χ2n) is 9.06. The number of hydrogen-bond donors (Lipinski definition) is 2. The molecule has 2 atom stereocenters. The van der Waals surface area contributed by atoms with Gasteiger partial charge in [0.25, 0.3) is 0 Å². The van der Waals surface area contributed by atoms with E-state index in [4.69, 9.17) is 4.74 Å². The first kappa shape index (κ1) is 21.1. The van der Waals surface area contributed by atoms with E-state index in [-0.39, 0.29) is 18.1 Å². The number of piperidine rings is 1. The van der Waals surface area contributed by atoms with E-state index in [1.54, 1.807) is 23.1 Å². The van der Waals surface area contributed by atoms with Crippen molar-refractivity contribution >= 4 is 21.6 Å². The monoisotopic (exact) mass is 460 g/mol. The lowest BCUT2D eigenvalue weighted by atomic mass is 9.84. The Labute approximate surface area is 186 Å². The number of sulfonamides is 1. The maximum atomic E-state index is 11.9. The molecule has 0 amide bonds. The van der Waals surface area contributed by atoms with Crippen molar-refractivity contribution in [3.8, 4) is 17.1 Å². The topological polar surface area (TPSA) is 130 Å². The molecule has 0 unspecified atom stereocenters. The van der Waals surface area contributed by atoms with Crippen LogP contribution in [0.1, 0.15) is 33.1 Å². The van der Waals surface area contributed by atoms with Crippen molar-refractivity contribution in [1.82, 2.24) is 34.1 Å². The number of nitrogens with one attached hydrogen (secondary N) is 2. The van der Waals surface area contributed by atoms with Crippen LogP contribution < -0.4 is 10.1 Å². The molecule has 0 radical (unpaired) electrons. The van der Waals surface area contributed by atoms with Crippen molar-refractivity contribution in [2.75, 3.05) is 24.7 Å². The molecule has 0 bridgehead atoms. The molecule has 4 heterocycles. The van der Waals surface area contributed by atoms with Crippen LogP contribution in [0.5, 0.6) is 5.88 Å². The van der Waals surface area contributed by atoms with E-state index >= 15 is 0 Å². The average Bonchev–Trinajstić information content (AvgIpc) is 3.37. The molecule has 2 fully saturated rings. The molecule has 1 aliphatic carbocycles. The Hall–Kier alpha value is -2.73. The summed E-state index contributed by atoms with van der Waals surface area (Å²) in [7, 11) is -3.18. The summed E-state index contributed by atoms with van der Waals surface area (Å²) >= 11 is 0. The fraction of sp³-hybridized carbons (Fsp3) is 0.600. The van der Waals surface area contributed by atoms with Crippen LogP contribution in [0.4, 0.5) is 5.95 Å². The molecule has 3 aromatic heterocycles. The van der Waals surface area contributed by atoms with Crippen LogP contribution in [0.2, 0.25) is 0 Å². The predicted molar refractivity (Wildman–Crippen MR) is 119 cm³/mol. The van der Waals surface area contributed by atoms with Crippen molar-refractivity contribution in [1.29, 1.82) is 0 Å². The van der Waals surface area contributed by atoms with E-state index < -0.39 is 10.0 Å². The minimum absolute atomic E-state index is 0.0727. The second-order valence-corrected chi connectivity index (χ2v) is 11.0. The van der Waals surface area contributed by atoms with E-state index in [9.17, 15) is 8.42 Å². The summed E-state index contributed by atoms with van der Waals surface area (Å²) in [5.41, 5.74) is 2.07. The number of ether oxygens (including phenoxy) is 1. The molecule has 1 saturated carbocycles. The molecule has 32 heavy (non-hydrogen) atoms. The maximum Gasteiger partial charge on any atom is 0.244 e. The first-order valence-electron chi connectivity index (χ1n) is 10.9. The fourth-order valence-corrected chi connectivity index (χ4v) is 5.39. The Morgan fingerprint density at radius 2 is 2.06 bits per heavy atom. The third-order valence-corrected chi connectivity index (χ3v) is 7.64. The first-order valence-corrected chi connectivity index (χ1v) is 12.8. The summed E-state index contributed by atoms with van der Waals surface area (Å²) in [6, 6.07) is 0.0727. The molecule has 0 spiro atoms. The van der Waals surface area contributed by atoms with Gasteiger partial charge in [-0.15, -0.1) is 5.10 Å². The second kappa shape index (κ2) is 8.00. The van der Waals surface area contributed by atoms with E-state index in [2.05, 4.69) is 37.5 Å². The standard InChI is InChI=1S/C20H28N8O3S/c1-12-6-15(7-12)31-19-18(14-8-22-23-9-14)21-10-17-25-20(26-28(17)19)24-16-4-5-27(11-13(16)2)32(3,29)30/h8-10,12-13,15-16H,4-7,11H2,1-3H3,(H,22,23)(H,24,26)/t12?,13-,15?,16+/m1/s1. The van der Waals surface area contributed by atoms with Crippen LogP contribution in [0.15, 0.2) is 18.6 Å². The van der Waals surface area contributed by atoms with Crippen LogP contribution in [-0.2, 0) is 10.0 Å². The molecule has 12 heteroatoms. The minimum Gasteiger partial charge on any atom is -0.473 e. The summed E-state index contributed by atoms with van der Waals surface area (Å²) in [5.74, 6) is 1.81. The number of H-pyrrole nitrogens is 1. The quantitative estimate of drug-likeness (QED) is 0.569. The number of nitrogens with zero attached hydrogens (tertiary/aromatic N) is 6. The molecule has 2 N–H and O–H groups in total. The van der Waals surface area contributed by atoms with Gasteiger partial charge in [0, 0.05) is 30.9 Å². The van der Waals surface area contributed by atoms with Crippen molar-refractivity contribution in [3.05, 3.63) is 18.6 Å². The van der Waals surface area contributed by atoms with Crippen molar-refractivity contribution < 1.29 is 13.2 Å². The number of fused-ring (bicyclic) bond motifs is 1. The Balaban J connectivity index is 1.42. The summed E-state index contributed by atoms with van der Waals surface area (Å²) in [6.07, 6.45) is 9.22. The van der Waals surface area contributed by atoms with Gasteiger partial charge in [-0.2, -0.15) is 14.6 Å². The van der Waals surface area contributed by atoms with Crippen molar-refractivity contribution in [2.24, 2.45) is 11.8 Å². The van der Waals surface area contributed by atoms with Crippen LogP contribution in [0.25, 0.3) is 16.9 Å². The molecular formula is C20H28N8O3S. The summed E-state index contributed by atoms with van der Waals surface area (Å²) in [5, 5.41) is 14.9. The normalized spacial score (nSPS) is 26.7. The molecule has 1 saturated heterocycles. The highest BCUT2D eigenvalue weighted by molar-refractivity contribution is 7.88. The Morgan fingerprint density at radius 3 is 2.72 bits per heavy atom. The van der Waals surface area contributed by atoms with Gasteiger partial charge in [0.1, 0.15) is 11.8 Å². The Bertz CT molecular complexity index is 1200. The molecule has 11 nitrogen and oxygen atoms in total. The highest BCUT2D eigenvalue weighted by Gasteiger charge is 2.32. The number of aromatic amines is 1. The summed E-state index contributed by atoms with van der Waals surface area (Å²) in [6.45, 7) is 5.21. The number of aromatic nitrogens is 6. The number of rotatable bonds is 6. The molecule has 5 rings (SSSR count). The smallest absolute Gasteiger partial charge is 0.244 e. The fourth-order valence-electron chi connectivity index (χ4n) is 4.45. The third-order valence-electron chi connectivity index (χ3n) is 6.37. The third kappa shape index (κ3) is 4.04. The van der Waals surface area contributed by atoms with E-state index in [1.165, 1.54) is 10.6 Å². The number of anilines is 1. The highest BCUT2D eigenvalue weighted by Crippen LogP contribution is 2.35. The predicted octanol–water partition coefficient (Wildman–Crippen LogP) is 1.77. The number of hydrogen-bond acceptors (Lipinski definition) is 8. The summed E-state index contributed by atoms with van der Waals surface area (Å²) < 4.78 is 33.3. The van der Waals surface area contributed by atoms with Gasteiger partial charge in [-0.05, 0) is 31.1 Å². The lowest BCUT2D eigenvalue weighted by Crippen LogP contribution is -2.47. The summed E-state index contributed by atoms with van der Waals surface area (Å²) in [4.78, 5) is 9.18. The zero-order valence-electron chi connectivity index (χ0n) is 18.4. The lowest BCUT2D eigenvalue weighted by molar-refractivity contribution is 0.0676. The van der Waals surface area contributed by atoms with Gasteiger partial charge in [0.15, 0.2) is 5.65 Å². The largest absolute Gasteiger partial charge is 0.473 e. The van der Waals surface area contributed by atoms with Crippen molar-refractivity contribution in [3.63, 3.8) is 0 Å². The van der Waals surface area contributed by atoms with Gasteiger partial charge < -0.3 is 10.1 Å². The van der Waals surface area contributed by atoms with Gasteiger partial charge in [-0.1, -0.05) is 13.8 Å². The van der Waals surface area contributed by atoms with Gasteiger partial charge in [0.05, 0.1) is 18.6 Å². The lowest BCUT2D eigenvalue weighted by Gasteiger charge is -2.35. The van der Waals surface area contributed by atoms with Gasteiger partial charge in [-0.3, -0.25) is 5.10 Å². The van der Waals surface area contributed by atoms with Crippen LogP contribution in [0, 0.1) is 11.8 Å². The van der Waals surface area contributed by atoms with Crippen LogP contribution in [0.3, 0.4) is 0 Å². The van der Waals surface area contributed by atoms with E-state index in [0.29, 0.717) is 48.6 Å². The molecular weight excluding hydrogens is 432 g/mol. The highest BCUT2D eigenvalue weighted by atomic mass is 32.2. The van der Waals surface area contributed by atoms with Crippen LogP contribution >= 0.6 is 0 Å². The molecule has 3 aromatic rings.